The molecule has 0 unspecified atom stereocenters. The van der Waals surface area contributed by atoms with E-state index in [9.17, 15) is 18.0 Å². The van der Waals surface area contributed by atoms with Gasteiger partial charge in [-0.2, -0.15) is 4.72 Å². The molecule has 0 aliphatic heterocycles. The molecule has 3 N–H and O–H groups in total. The van der Waals surface area contributed by atoms with Crippen LogP contribution < -0.4 is 14.8 Å². The van der Waals surface area contributed by atoms with Gasteiger partial charge in [-0.15, -0.1) is 0 Å². The number of carboxylic acids is 1. The predicted molar refractivity (Wildman–Crippen MR) is 112 cm³/mol. The molecule has 162 valence electrons. The molecule has 0 bridgehead atoms. The number of aryl methyl sites for hydroxylation is 1. The molecule has 0 radical (unpaired) electrons. The highest BCUT2D eigenvalue weighted by Crippen LogP contribution is 2.18. The van der Waals surface area contributed by atoms with E-state index >= 15 is 0 Å². The number of carbonyl (C=O) groups excluding carboxylic acids is 1. The van der Waals surface area contributed by atoms with Crippen molar-refractivity contribution in [3.05, 3.63) is 59.7 Å². The number of hydrogen-bond acceptors (Lipinski definition) is 5. The topological polar surface area (TPSA) is 122 Å². The number of nitrogens with one attached hydrogen (secondary N) is 2. The summed E-state index contributed by atoms with van der Waals surface area (Å²) in [4.78, 5) is 23.5. The summed E-state index contributed by atoms with van der Waals surface area (Å²) in [6.45, 7) is 4.89. The summed E-state index contributed by atoms with van der Waals surface area (Å²) in [6, 6.07) is 12.1. The van der Waals surface area contributed by atoms with Crippen molar-refractivity contribution < 1.29 is 27.9 Å². The van der Waals surface area contributed by atoms with Gasteiger partial charge in [0.25, 0.3) is 0 Å². The summed E-state index contributed by atoms with van der Waals surface area (Å²) in [6.07, 6.45) is 0. The first-order valence-corrected chi connectivity index (χ1v) is 10.9. The lowest BCUT2D eigenvalue weighted by Gasteiger charge is -2.22. The molecule has 0 aliphatic rings. The van der Waals surface area contributed by atoms with Crippen LogP contribution in [-0.4, -0.2) is 38.0 Å². The van der Waals surface area contributed by atoms with Crippen molar-refractivity contribution in [2.45, 2.75) is 38.3 Å². The van der Waals surface area contributed by atoms with E-state index in [4.69, 9.17) is 9.84 Å². The molecule has 0 heterocycles. The number of sulfonamides is 1. The van der Waals surface area contributed by atoms with Crippen molar-refractivity contribution in [3.63, 3.8) is 0 Å². The van der Waals surface area contributed by atoms with Crippen LogP contribution in [-0.2, 0) is 26.2 Å². The first kappa shape index (κ1) is 23.4. The summed E-state index contributed by atoms with van der Waals surface area (Å²) >= 11 is 0. The molecular weight excluding hydrogens is 408 g/mol. The number of ether oxygens (including phenoxy) is 1. The van der Waals surface area contributed by atoms with Gasteiger partial charge < -0.3 is 15.2 Å². The van der Waals surface area contributed by atoms with E-state index in [1.807, 2.05) is 6.92 Å². The minimum Gasteiger partial charge on any atom is -0.482 e. The molecule has 30 heavy (non-hydrogen) atoms. The Hall–Kier alpha value is -2.91. The zero-order chi connectivity index (χ0) is 22.3. The maximum absolute atomic E-state index is 12.7. The normalized spacial score (nSPS) is 12.4. The Morgan fingerprint density at radius 2 is 1.70 bits per heavy atom. The van der Waals surface area contributed by atoms with E-state index < -0.39 is 34.5 Å². The van der Waals surface area contributed by atoms with Crippen molar-refractivity contribution in [3.8, 4) is 5.75 Å². The zero-order valence-electron chi connectivity index (χ0n) is 17.1. The summed E-state index contributed by atoms with van der Waals surface area (Å²) in [5, 5.41) is 11.5. The second-order valence-electron chi connectivity index (χ2n) is 7.16. The van der Waals surface area contributed by atoms with E-state index in [-0.39, 0.29) is 17.4 Å². The van der Waals surface area contributed by atoms with Gasteiger partial charge in [-0.25, -0.2) is 13.2 Å². The van der Waals surface area contributed by atoms with Crippen LogP contribution in [0, 0.1) is 12.8 Å². The van der Waals surface area contributed by atoms with E-state index in [0.717, 1.165) is 5.56 Å². The van der Waals surface area contributed by atoms with E-state index in [1.54, 1.807) is 50.2 Å². The highest BCUT2D eigenvalue weighted by molar-refractivity contribution is 7.89. The minimum absolute atomic E-state index is 0.0596. The van der Waals surface area contributed by atoms with Gasteiger partial charge in [0.05, 0.1) is 4.90 Å². The van der Waals surface area contributed by atoms with Crippen molar-refractivity contribution in [1.82, 2.24) is 10.0 Å². The standard InChI is InChI=1S/C21H26N2O6S/c1-14(2)20(23-30(27,28)17-10-8-15(3)9-11-17)21(26)22-12-16-6-4-5-7-18(16)29-13-19(24)25/h4-11,14,20,23H,12-13H2,1-3H3,(H,22,26)(H,24,25)/t20-/m0/s1. The molecule has 1 atom stereocenters. The van der Waals surface area contributed by atoms with Crippen LogP contribution >= 0.6 is 0 Å². The Morgan fingerprint density at radius 3 is 2.30 bits per heavy atom. The SMILES string of the molecule is Cc1ccc(S(=O)(=O)N[C@H](C(=O)NCc2ccccc2OCC(=O)O)C(C)C)cc1. The number of benzene rings is 2. The monoisotopic (exact) mass is 434 g/mol. The van der Waals surface area contributed by atoms with Crippen LogP contribution in [0.15, 0.2) is 53.4 Å². The van der Waals surface area contributed by atoms with Gasteiger partial charge in [0.1, 0.15) is 11.8 Å². The Balaban J connectivity index is 2.10. The van der Waals surface area contributed by atoms with Crippen molar-refractivity contribution >= 4 is 21.9 Å². The van der Waals surface area contributed by atoms with Gasteiger partial charge in [-0.3, -0.25) is 4.79 Å². The van der Waals surface area contributed by atoms with Crippen LogP contribution in [0.4, 0.5) is 0 Å². The zero-order valence-corrected chi connectivity index (χ0v) is 17.9. The number of carbonyl (C=O) groups is 2. The molecule has 2 aromatic rings. The van der Waals surface area contributed by atoms with Gasteiger partial charge >= 0.3 is 5.97 Å². The van der Waals surface area contributed by atoms with E-state index in [0.29, 0.717) is 11.3 Å². The first-order valence-electron chi connectivity index (χ1n) is 9.39. The van der Waals surface area contributed by atoms with Crippen LogP contribution in [0.5, 0.6) is 5.75 Å². The van der Waals surface area contributed by atoms with Gasteiger partial charge in [0, 0.05) is 12.1 Å². The number of aliphatic carboxylic acids is 1. The molecule has 9 heteroatoms. The van der Waals surface area contributed by atoms with E-state index in [2.05, 4.69) is 10.0 Å². The molecule has 0 saturated carbocycles. The molecule has 0 fully saturated rings. The van der Waals surface area contributed by atoms with E-state index in [1.165, 1.54) is 12.1 Å². The lowest BCUT2D eigenvalue weighted by atomic mass is 10.0. The molecule has 0 saturated heterocycles. The van der Waals surface area contributed by atoms with Gasteiger partial charge in [0.2, 0.25) is 15.9 Å². The van der Waals surface area contributed by atoms with Crippen LogP contribution in [0.25, 0.3) is 0 Å². The summed E-state index contributed by atoms with van der Waals surface area (Å²) in [5.74, 6) is -1.57. The molecule has 0 aromatic heterocycles. The Morgan fingerprint density at radius 1 is 1.07 bits per heavy atom. The average Bonchev–Trinajstić information content (AvgIpc) is 2.69. The predicted octanol–water partition coefficient (Wildman–Crippen LogP) is 2.08. The highest BCUT2D eigenvalue weighted by atomic mass is 32.2. The third-order valence-electron chi connectivity index (χ3n) is 4.34. The molecular formula is C21H26N2O6S. The van der Waals surface area contributed by atoms with Gasteiger partial charge in [0.15, 0.2) is 6.61 Å². The molecule has 0 aliphatic carbocycles. The maximum Gasteiger partial charge on any atom is 0.341 e. The number of amides is 1. The quantitative estimate of drug-likeness (QED) is 0.526. The fourth-order valence-electron chi connectivity index (χ4n) is 2.67. The minimum atomic E-state index is -3.88. The highest BCUT2D eigenvalue weighted by Gasteiger charge is 2.28. The molecule has 2 rings (SSSR count). The number of para-hydroxylation sites is 1. The Kier molecular flexibility index (Phi) is 7.96. The van der Waals surface area contributed by atoms with Gasteiger partial charge in [-0.1, -0.05) is 49.7 Å². The fraction of sp³-hybridized carbons (Fsp3) is 0.333. The summed E-state index contributed by atoms with van der Waals surface area (Å²) < 4.78 is 33.0. The molecule has 0 spiro atoms. The van der Waals surface area contributed by atoms with Crippen LogP contribution in [0.3, 0.4) is 0 Å². The number of hydrogen-bond donors (Lipinski definition) is 3. The lowest BCUT2D eigenvalue weighted by molar-refractivity contribution is -0.139. The lowest BCUT2D eigenvalue weighted by Crippen LogP contribution is -2.49. The maximum atomic E-state index is 12.7. The third kappa shape index (κ3) is 6.57. The second kappa shape index (κ2) is 10.2. The number of rotatable bonds is 10. The smallest absolute Gasteiger partial charge is 0.341 e. The first-order chi connectivity index (χ1) is 14.1. The second-order valence-corrected chi connectivity index (χ2v) is 8.88. The molecule has 8 nitrogen and oxygen atoms in total. The number of carboxylic acid groups (broad SMARTS) is 1. The van der Waals surface area contributed by atoms with Crippen molar-refractivity contribution in [2.24, 2.45) is 5.92 Å². The third-order valence-corrected chi connectivity index (χ3v) is 5.80. The molecule has 1 amide bonds. The molecule has 2 aromatic carbocycles. The summed E-state index contributed by atoms with van der Waals surface area (Å²) in [7, 11) is -3.88. The van der Waals surface area contributed by atoms with Crippen molar-refractivity contribution in [1.29, 1.82) is 0 Å². The van der Waals surface area contributed by atoms with Crippen molar-refractivity contribution in [2.75, 3.05) is 6.61 Å². The van der Waals surface area contributed by atoms with Crippen LogP contribution in [0.2, 0.25) is 0 Å². The van der Waals surface area contributed by atoms with Crippen LogP contribution in [0.1, 0.15) is 25.0 Å². The Labute approximate surface area is 176 Å². The van der Waals surface area contributed by atoms with Gasteiger partial charge in [-0.05, 0) is 31.0 Å². The Bertz CT molecular complexity index is 987. The average molecular weight is 435 g/mol. The fourth-order valence-corrected chi connectivity index (χ4v) is 4.01. The summed E-state index contributed by atoms with van der Waals surface area (Å²) in [5.41, 5.74) is 1.51. The largest absolute Gasteiger partial charge is 0.482 e.